The summed E-state index contributed by atoms with van der Waals surface area (Å²) in [5.74, 6) is 0.348. The van der Waals surface area contributed by atoms with Crippen LogP contribution in [0.15, 0.2) is 17.5 Å². The molecule has 2 rings (SSSR count). The minimum atomic E-state index is -0.417. The minimum absolute atomic E-state index is 0.243. The first-order chi connectivity index (χ1) is 8.75. The Hall–Kier alpha value is -1.07. The fourth-order valence-electron chi connectivity index (χ4n) is 2.39. The molecule has 1 aromatic heterocycles. The summed E-state index contributed by atoms with van der Waals surface area (Å²) in [6, 6.07) is 3.49. The zero-order valence-corrected chi connectivity index (χ0v) is 11.2. The summed E-state index contributed by atoms with van der Waals surface area (Å²) in [7, 11) is 0. The lowest BCUT2D eigenvalue weighted by atomic mass is 9.85. The van der Waals surface area contributed by atoms with Crippen LogP contribution in [0.5, 0.6) is 0 Å². The smallest absolute Gasteiger partial charge is 0.319 e. The lowest BCUT2D eigenvalue weighted by Gasteiger charge is -2.26. The molecule has 0 unspecified atom stereocenters. The summed E-state index contributed by atoms with van der Waals surface area (Å²) >= 11 is 1.48. The number of urea groups is 1. The second-order valence-corrected chi connectivity index (χ2v) is 5.73. The van der Waals surface area contributed by atoms with Crippen molar-refractivity contribution in [3.05, 3.63) is 17.5 Å². The van der Waals surface area contributed by atoms with E-state index in [4.69, 9.17) is 0 Å². The molecule has 1 aliphatic carbocycles. The number of nitrogens with one attached hydrogen (secondary N) is 2. The molecule has 5 heteroatoms. The van der Waals surface area contributed by atoms with Gasteiger partial charge in [-0.05, 0) is 36.3 Å². The number of aliphatic hydroxyl groups excluding tert-OH is 1. The van der Waals surface area contributed by atoms with E-state index in [1.54, 1.807) is 0 Å². The van der Waals surface area contributed by atoms with Crippen molar-refractivity contribution in [3.8, 4) is 0 Å². The van der Waals surface area contributed by atoms with Crippen molar-refractivity contribution in [2.45, 2.75) is 38.2 Å². The molecule has 0 radical (unpaired) electrons. The molecule has 4 nitrogen and oxygen atoms in total. The number of hydrogen-bond acceptors (Lipinski definition) is 3. The van der Waals surface area contributed by atoms with Gasteiger partial charge in [0.05, 0.1) is 11.1 Å². The van der Waals surface area contributed by atoms with Crippen LogP contribution in [0.1, 0.15) is 32.1 Å². The van der Waals surface area contributed by atoms with Gasteiger partial charge in [-0.3, -0.25) is 5.32 Å². The predicted molar refractivity (Wildman–Crippen MR) is 73.9 cm³/mol. The molecule has 1 heterocycles. The molecule has 18 heavy (non-hydrogen) atoms. The number of amides is 2. The number of thiophene rings is 1. The van der Waals surface area contributed by atoms with Crippen LogP contribution in [-0.2, 0) is 0 Å². The molecule has 1 fully saturated rings. The van der Waals surface area contributed by atoms with Crippen LogP contribution in [0.4, 0.5) is 9.80 Å². The Morgan fingerprint density at radius 2 is 2.22 bits per heavy atom. The van der Waals surface area contributed by atoms with E-state index >= 15 is 0 Å². The maximum atomic E-state index is 11.6. The van der Waals surface area contributed by atoms with Gasteiger partial charge < -0.3 is 10.4 Å². The third-order valence-corrected chi connectivity index (χ3v) is 4.21. The molecule has 0 aliphatic heterocycles. The standard InChI is InChI=1S/C13H20N2O2S/c16-11(10-5-2-1-3-6-10)9-14-13(17)15-12-7-4-8-18-12/h4,7-8,10-11,16H,1-3,5-6,9H2,(H2,14,15,17)/t11-/m0/s1. The van der Waals surface area contributed by atoms with E-state index in [1.807, 2.05) is 17.5 Å². The van der Waals surface area contributed by atoms with Gasteiger partial charge in [0.15, 0.2) is 0 Å². The van der Waals surface area contributed by atoms with Crippen molar-refractivity contribution in [1.29, 1.82) is 0 Å². The minimum Gasteiger partial charge on any atom is -0.391 e. The molecule has 0 saturated heterocycles. The SMILES string of the molecule is O=C(NC[C@H](O)C1CCCCC1)Nc1cccs1. The van der Waals surface area contributed by atoms with E-state index in [0.717, 1.165) is 17.8 Å². The number of aliphatic hydroxyl groups is 1. The molecular weight excluding hydrogens is 248 g/mol. The van der Waals surface area contributed by atoms with Gasteiger partial charge >= 0.3 is 6.03 Å². The zero-order valence-electron chi connectivity index (χ0n) is 10.4. The van der Waals surface area contributed by atoms with Crippen molar-refractivity contribution < 1.29 is 9.90 Å². The Kier molecular flexibility index (Phi) is 5.01. The summed E-state index contributed by atoms with van der Waals surface area (Å²) in [5.41, 5.74) is 0. The van der Waals surface area contributed by atoms with Crippen molar-refractivity contribution in [1.82, 2.24) is 5.32 Å². The highest BCUT2D eigenvalue weighted by molar-refractivity contribution is 7.14. The van der Waals surface area contributed by atoms with Crippen LogP contribution < -0.4 is 10.6 Å². The Morgan fingerprint density at radius 3 is 2.89 bits per heavy atom. The van der Waals surface area contributed by atoms with Gasteiger partial charge in [-0.25, -0.2) is 4.79 Å². The van der Waals surface area contributed by atoms with E-state index in [9.17, 15) is 9.90 Å². The Bertz CT molecular complexity index is 361. The van der Waals surface area contributed by atoms with Crippen LogP contribution in [-0.4, -0.2) is 23.8 Å². The summed E-state index contributed by atoms with van der Waals surface area (Å²) in [4.78, 5) is 11.6. The number of hydrogen-bond donors (Lipinski definition) is 3. The normalized spacial score (nSPS) is 18.3. The number of carbonyl (C=O) groups excluding carboxylic acids is 1. The Balaban J connectivity index is 1.68. The average molecular weight is 268 g/mol. The first-order valence-electron chi connectivity index (χ1n) is 6.52. The van der Waals surface area contributed by atoms with E-state index in [0.29, 0.717) is 12.5 Å². The van der Waals surface area contributed by atoms with Crippen LogP contribution in [0.25, 0.3) is 0 Å². The van der Waals surface area contributed by atoms with Gasteiger partial charge in [0.2, 0.25) is 0 Å². The van der Waals surface area contributed by atoms with Gasteiger partial charge in [-0.15, -0.1) is 11.3 Å². The fraction of sp³-hybridized carbons (Fsp3) is 0.615. The largest absolute Gasteiger partial charge is 0.391 e. The highest BCUT2D eigenvalue weighted by Crippen LogP contribution is 2.26. The summed E-state index contributed by atoms with van der Waals surface area (Å²) in [6.45, 7) is 0.335. The maximum absolute atomic E-state index is 11.6. The highest BCUT2D eigenvalue weighted by atomic mass is 32.1. The monoisotopic (exact) mass is 268 g/mol. The van der Waals surface area contributed by atoms with Crippen LogP contribution in [0.3, 0.4) is 0 Å². The van der Waals surface area contributed by atoms with E-state index in [1.165, 1.54) is 30.6 Å². The van der Waals surface area contributed by atoms with Gasteiger partial charge in [0, 0.05) is 6.54 Å². The third kappa shape index (κ3) is 3.99. The molecule has 1 aromatic rings. The quantitative estimate of drug-likeness (QED) is 0.786. The fourth-order valence-corrected chi connectivity index (χ4v) is 3.00. The number of rotatable bonds is 4. The first-order valence-corrected chi connectivity index (χ1v) is 7.40. The molecule has 2 amide bonds. The molecule has 3 N–H and O–H groups in total. The second-order valence-electron chi connectivity index (χ2n) is 4.78. The van der Waals surface area contributed by atoms with Crippen molar-refractivity contribution in [2.75, 3.05) is 11.9 Å². The highest BCUT2D eigenvalue weighted by Gasteiger charge is 2.21. The van der Waals surface area contributed by atoms with Gasteiger partial charge in [0.1, 0.15) is 0 Å². The summed E-state index contributed by atoms with van der Waals surface area (Å²) in [5, 5.41) is 18.2. The molecule has 1 atom stereocenters. The first kappa shape index (κ1) is 13.4. The van der Waals surface area contributed by atoms with E-state index in [2.05, 4.69) is 10.6 Å². The van der Waals surface area contributed by atoms with Crippen molar-refractivity contribution >= 4 is 22.4 Å². The zero-order chi connectivity index (χ0) is 12.8. The lowest BCUT2D eigenvalue weighted by molar-refractivity contribution is 0.0863. The van der Waals surface area contributed by atoms with Crippen LogP contribution in [0, 0.1) is 5.92 Å². The molecular formula is C13H20N2O2S. The topological polar surface area (TPSA) is 61.4 Å². The van der Waals surface area contributed by atoms with Crippen LogP contribution in [0.2, 0.25) is 0 Å². The summed E-state index contributed by atoms with van der Waals surface area (Å²) in [6.07, 6.45) is 5.41. The van der Waals surface area contributed by atoms with Crippen molar-refractivity contribution in [3.63, 3.8) is 0 Å². The number of anilines is 1. The molecule has 0 bridgehead atoms. The average Bonchev–Trinajstić information content (AvgIpc) is 2.90. The van der Waals surface area contributed by atoms with E-state index in [-0.39, 0.29) is 6.03 Å². The Labute approximate surface area is 111 Å². The molecule has 1 saturated carbocycles. The molecule has 100 valence electrons. The summed E-state index contributed by atoms with van der Waals surface area (Å²) < 4.78 is 0. The molecule has 0 aromatic carbocycles. The van der Waals surface area contributed by atoms with Gasteiger partial charge in [-0.2, -0.15) is 0 Å². The number of carbonyl (C=O) groups is 1. The predicted octanol–water partition coefficient (Wildman–Crippen LogP) is 2.81. The van der Waals surface area contributed by atoms with Crippen molar-refractivity contribution in [2.24, 2.45) is 5.92 Å². The molecule has 0 spiro atoms. The Morgan fingerprint density at radius 1 is 1.44 bits per heavy atom. The second kappa shape index (κ2) is 6.75. The third-order valence-electron chi connectivity index (χ3n) is 3.42. The van der Waals surface area contributed by atoms with Gasteiger partial charge in [0.25, 0.3) is 0 Å². The van der Waals surface area contributed by atoms with E-state index < -0.39 is 6.10 Å². The maximum Gasteiger partial charge on any atom is 0.319 e. The molecule has 1 aliphatic rings. The van der Waals surface area contributed by atoms with Crippen LogP contribution >= 0.6 is 11.3 Å². The lowest BCUT2D eigenvalue weighted by Crippen LogP contribution is -2.38. The van der Waals surface area contributed by atoms with Gasteiger partial charge in [-0.1, -0.05) is 19.3 Å².